The Morgan fingerprint density at radius 3 is 1.39 bits per heavy atom. The van der Waals surface area contributed by atoms with E-state index in [4.69, 9.17) is 18.9 Å². The molecular weight excluding hydrogens is 464 g/mol. The van der Waals surface area contributed by atoms with E-state index in [1.165, 1.54) is 14.2 Å². The van der Waals surface area contributed by atoms with Crippen LogP contribution in [0.4, 0.5) is 0 Å². The molecule has 2 fully saturated rings. The van der Waals surface area contributed by atoms with E-state index in [1.54, 1.807) is 45.5 Å². The molecule has 0 spiro atoms. The van der Waals surface area contributed by atoms with Gasteiger partial charge < -0.3 is 23.8 Å². The second kappa shape index (κ2) is 9.55. The van der Waals surface area contributed by atoms with Crippen molar-refractivity contribution >= 4 is 17.7 Å². The molecule has 0 saturated carbocycles. The van der Waals surface area contributed by atoms with Crippen LogP contribution in [0.15, 0.2) is 48.5 Å². The van der Waals surface area contributed by atoms with Gasteiger partial charge in [0.2, 0.25) is 0 Å². The van der Waals surface area contributed by atoms with Gasteiger partial charge in [0.25, 0.3) is 0 Å². The Morgan fingerprint density at radius 2 is 1.08 bits per heavy atom. The lowest BCUT2D eigenvalue weighted by molar-refractivity contribution is -0.202. The largest absolute Gasteiger partial charge is 0.497 e. The third kappa shape index (κ3) is 3.57. The van der Waals surface area contributed by atoms with E-state index in [1.807, 2.05) is 41.1 Å². The Hall–Kier alpha value is -3.43. The molecular formula is C27H32N2O7. The standard InChI is InChI=1S/C27H32N2O7/c1-28-15-26(24(31)35-5)21(17-7-11-19(33-3)12-8-17)29(2)22(18-9-13-20(34-4)14-10-18)27(16-28,23(26)30)25(32)36-6/h7-14,21-22H,15-16H2,1-6H3. The smallest absolute Gasteiger partial charge is 0.322 e. The molecule has 4 rings (SSSR count). The van der Waals surface area contributed by atoms with Crippen LogP contribution in [0.3, 0.4) is 0 Å². The molecule has 2 heterocycles. The number of benzene rings is 2. The number of carbonyl (C=O) groups excluding carboxylic acids is 3. The van der Waals surface area contributed by atoms with Crippen molar-refractivity contribution in [2.45, 2.75) is 12.1 Å². The Kier molecular flexibility index (Phi) is 6.81. The molecule has 0 radical (unpaired) electrons. The molecule has 0 amide bonds. The minimum Gasteiger partial charge on any atom is -0.497 e. The summed E-state index contributed by atoms with van der Waals surface area (Å²) in [6.07, 6.45) is 0. The highest BCUT2D eigenvalue weighted by atomic mass is 16.5. The first-order valence-corrected chi connectivity index (χ1v) is 11.6. The maximum atomic E-state index is 14.7. The summed E-state index contributed by atoms with van der Waals surface area (Å²) < 4.78 is 21.1. The molecule has 9 heteroatoms. The molecule has 9 nitrogen and oxygen atoms in total. The Balaban J connectivity index is 2.03. The highest BCUT2D eigenvalue weighted by Gasteiger charge is 2.74. The molecule has 0 aliphatic carbocycles. The molecule has 2 aromatic carbocycles. The number of methoxy groups -OCH3 is 4. The lowest BCUT2D eigenvalue weighted by atomic mass is 9.54. The quantitative estimate of drug-likeness (QED) is 0.441. The van der Waals surface area contributed by atoms with E-state index in [2.05, 4.69) is 0 Å². The second-order valence-electron chi connectivity index (χ2n) is 9.44. The van der Waals surface area contributed by atoms with Crippen LogP contribution in [0.5, 0.6) is 11.5 Å². The van der Waals surface area contributed by atoms with Crippen LogP contribution in [-0.4, -0.2) is 83.1 Å². The van der Waals surface area contributed by atoms with Gasteiger partial charge >= 0.3 is 11.9 Å². The predicted molar refractivity (Wildman–Crippen MR) is 131 cm³/mol. The molecule has 4 unspecified atom stereocenters. The van der Waals surface area contributed by atoms with Crippen molar-refractivity contribution in [3.63, 3.8) is 0 Å². The fourth-order valence-electron chi connectivity index (χ4n) is 6.23. The van der Waals surface area contributed by atoms with Crippen LogP contribution < -0.4 is 9.47 Å². The number of fused-ring (bicyclic) bond motifs is 2. The van der Waals surface area contributed by atoms with Gasteiger partial charge in [-0.3, -0.25) is 19.3 Å². The Labute approximate surface area is 210 Å². The molecule has 2 bridgehead atoms. The fourth-order valence-corrected chi connectivity index (χ4v) is 6.23. The molecule has 4 atom stereocenters. The second-order valence-corrected chi connectivity index (χ2v) is 9.44. The number of rotatable bonds is 6. The van der Waals surface area contributed by atoms with Gasteiger partial charge in [-0.15, -0.1) is 0 Å². The molecule has 0 N–H and O–H groups in total. The van der Waals surface area contributed by atoms with Crippen molar-refractivity contribution < 1.29 is 33.3 Å². The van der Waals surface area contributed by atoms with Crippen LogP contribution in [0.25, 0.3) is 0 Å². The lowest BCUT2D eigenvalue weighted by Crippen LogP contribution is -2.75. The number of hydrogen-bond acceptors (Lipinski definition) is 9. The molecule has 2 aromatic rings. The van der Waals surface area contributed by atoms with Crippen molar-refractivity contribution in [3.8, 4) is 11.5 Å². The SMILES string of the molecule is COC(=O)C12CN(C)CC(C(=O)OC)(C1=O)C(c1ccc(OC)cc1)N(C)C2c1ccc(OC)cc1. The maximum absolute atomic E-state index is 14.7. The summed E-state index contributed by atoms with van der Waals surface area (Å²) in [5, 5.41) is 0. The van der Waals surface area contributed by atoms with E-state index >= 15 is 0 Å². The van der Waals surface area contributed by atoms with Gasteiger partial charge in [-0.2, -0.15) is 0 Å². The van der Waals surface area contributed by atoms with E-state index in [0.29, 0.717) is 11.5 Å². The summed E-state index contributed by atoms with van der Waals surface area (Å²) in [5.74, 6) is -0.577. The fraction of sp³-hybridized carbons (Fsp3) is 0.444. The maximum Gasteiger partial charge on any atom is 0.322 e. The minimum absolute atomic E-state index is 0.0909. The highest BCUT2D eigenvalue weighted by molar-refractivity contribution is 6.17. The van der Waals surface area contributed by atoms with Gasteiger partial charge in [-0.1, -0.05) is 24.3 Å². The van der Waals surface area contributed by atoms with Gasteiger partial charge in [-0.05, 0) is 49.5 Å². The summed E-state index contributed by atoms with van der Waals surface area (Å²) in [6, 6.07) is 13.0. The predicted octanol–water partition coefficient (Wildman–Crippen LogP) is 2.26. The average molecular weight is 497 g/mol. The van der Waals surface area contributed by atoms with Crippen molar-refractivity contribution in [2.24, 2.45) is 10.8 Å². The van der Waals surface area contributed by atoms with Gasteiger partial charge in [0.15, 0.2) is 16.6 Å². The first-order valence-electron chi connectivity index (χ1n) is 11.6. The number of hydrogen-bond donors (Lipinski definition) is 0. The highest BCUT2D eigenvalue weighted by Crippen LogP contribution is 2.60. The summed E-state index contributed by atoms with van der Waals surface area (Å²) in [4.78, 5) is 45.6. The van der Waals surface area contributed by atoms with Crippen LogP contribution in [0.2, 0.25) is 0 Å². The Bertz CT molecular complexity index is 1060. The zero-order valence-electron chi connectivity index (χ0n) is 21.4. The van der Waals surface area contributed by atoms with Crippen molar-refractivity contribution in [1.82, 2.24) is 9.80 Å². The number of nitrogens with zero attached hydrogens (tertiary/aromatic N) is 2. The van der Waals surface area contributed by atoms with Crippen LogP contribution in [0.1, 0.15) is 23.2 Å². The third-order valence-electron chi connectivity index (χ3n) is 7.56. The first-order chi connectivity index (χ1) is 17.2. The number of carbonyl (C=O) groups is 3. The lowest BCUT2D eigenvalue weighted by Gasteiger charge is -2.60. The average Bonchev–Trinajstić information content (AvgIpc) is 2.90. The van der Waals surface area contributed by atoms with Crippen molar-refractivity contribution in [3.05, 3.63) is 59.7 Å². The van der Waals surface area contributed by atoms with Gasteiger partial charge in [0, 0.05) is 13.1 Å². The summed E-state index contributed by atoms with van der Waals surface area (Å²) in [7, 11) is 9.29. The zero-order chi connectivity index (χ0) is 26.3. The van der Waals surface area contributed by atoms with E-state index < -0.39 is 40.6 Å². The molecule has 2 aliphatic rings. The van der Waals surface area contributed by atoms with Gasteiger partial charge in [-0.25, -0.2) is 0 Å². The van der Waals surface area contributed by atoms with Gasteiger partial charge in [0.1, 0.15) is 11.5 Å². The Morgan fingerprint density at radius 1 is 0.722 bits per heavy atom. The van der Waals surface area contributed by atoms with Gasteiger partial charge in [0.05, 0.1) is 40.5 Å². The molecule has 2 saturated heterocycles. The van der Waals surface area contributed by atoms with Crippen molar-refractivity contribution in [1.29, 1.82) is 0 Å². The van der Waals surface area contributed by atoms with Crippen LogP contribution in [0, 0.1) is 10.8 Å². The molecule has 0 aromatic heterocycles. The number of Topliss-reactive ketones (excluding diaryl/α,β-unsaturated/α-hetero) is 1. The molecule has 2 aliphatic heterocycles. The minimum atomic E-state index is -1.66. The monoisotopic (exact) mass is 496 g/mol. The topological polar surface area (TPSA) is 94.6 Å². The van der Waals surface area contributed by atoms with E-state index in [0.717, 1.165) is 11.1 Å². The van der Waals surface area contributed by atoms with Crippen LogP contribution in [-0.2, 0) is 23.9 Å². The van der Waals surface area contributed by atoms with E-state index in [-0.39, 0.29) is 13.1 Å². The molecule has 36 heavy (non-hydrogen) atoms. The van der Waals surface area contributed by atoms with E-state index in [9.17, 15) is 14.4 Å². The summed E-state index contributed by atoms with van der Waals surface area (Å²) >= 11 is 0. The third-order valence-corrected chi connectivity index (χ3v) is 7.56. The zero-order valence-corrected chi connectivity index (χ0v) is 21.4. The number of esters is 2. The number of ether oxygens (including phenoxy) is 4. The summed E-state index contributed by atoms with van der Waals surface area (Å²) in [6.45, 7) is 0.182. The first kappa shape index (κ1) is 25.7. The number of ketones is 1. The van der Waals surface area contributed by atoms with Crippen LogP contribution >= 0.6 is 0 Å². The number of likely N-dealkylation sites (tertiary alicyclic amines) is 2. The normalized spacial score (nSPS) is 28.3. The molecule has 192 valence electrons. The van der Waals surface area contributed by atoms with Crippen molar-refractivity contribution in [2.75, 3.05) is 55.6 Å². The number of piperidine rings is 2. The summed E-state index contributed by atoms with van der Waals surface area (Å²) in [5.41, 5.74) is -1.88.